The van der Waals surface area contributed by atoms with Gasteiger partial charge in [0.25, 0.3) is 0 Å². The fraction of sp³-hybridized carbons (Fsp3) is 0.333. The molecule has 132 valence electrons. The highest BCUT2D eigenvalue weighted by Crippen LogP contribution is 2.29. The Morgan fingerprint density at radius 1 is 1.00 bits per heavy atom. The zero-order valence-corrected chi connectivity index (χ0v) is 14.4. The fourth-order valence-electron chi connectivity index (χ4n) is 2.84. The molecule has 7 heteroatoms. The molecule has 3 rings (SSSR count). The number of hydrogen-bond acceptors (Lipinski definition) is 5. The van der Waals surface area contributed by atoms with Crippen molar-refractivity contribution in [2.45, 2.75) is 0 Å². The van der Waals surface area contributed by atoms with Crippen molar-refractivity contribution in [3.8, 4) is 11.5 Å². The molecule has 2 heterocycles. The van der Waals surface area contributed by atoms with Crippen LogP contribution in [0, 0.1) is 0 Å². The summed E-state index contributed by atoms with van der Waals surface area (Å²) in [6, 6.07) is 9.19. The molecule has 1 N–H and O–H groups in total. The Morgan fingerprint density at radius 2 is 1.68 bits per heavy atom. The maximum atomic E-state index is 12.5. The van der Waals surface area contributed by atoms with E-state index in [2.05, 4.69) is 15.2 Å². The number of amides is 2. The summed E-state index contributed by atoms with van der Waals surface area (Å²) in [5.41, 5.74) is 1.81. The lowest BCUT2D eigenvalue weighted by Gasteiger charge is -2.36. The molecule has 1 fully saturated rings. The number of carbonyl (C=O) groups excluding carboxylic acids is 1. The number of ether oxygens (including phenoxy) is 2. The number of nitrogens with one attached hydrogen (secondary N) is 1. The minimum atomic E-state index is -0.110. The minimum absolute atomic E-state index is 0.110. The summed E-state index contributed by atoms with van der Waals surface area (Å²) in [4.78, 5) is 20.6. The molecule has 0 saturated carbocycles. The van der Waals surface area contributed by atoms with Crippen molar-refractivity contribution < 1.29 is 14.3 Å². The van der Waals surface area contributed by atoms with Crippen LogP contribution in [-0.4, -0.2) is 56.3 Å². The van der Waals surface area contributed by atoms with Gasteiger partial charge in [-0.05, 0) is 24.3 Å². The van der Waals surface area contributed by atoms with Crippen LogP contribution in [0.3, 0.4) is 0 Å². The molecule has 1 saturated heterocycles. The number of carbonyl (C=O) groups is 1. The lowest BCUT2D eigenvalue weighted by molar-refractivity contribution is 0.208. The Morgan fingerprint density at radius 3 is 2.32 bits per heavy atom. The lowest BCUT2D eigenvalue weighted by atomic mass is 10.2. The van der Waals surface area contributed by atoms with E-state index in [0.29, 0.717) is 30.3 Å². The first-order valence-corrected chi connectivity index (χ1v) is 8.14. The van der Waals surface area contributed by atoms with Crippen LogP contribution in [0.2, 0.25) is 0 Å². The summed E-state index contributed by atoms with van der Waals surface area (Å²) in [6.45, 7) is 2.93. The summed E-state index contributed by atoms with van der Waals surface area (Å²) in [7, 11) is 3.15. The van der Waals surface area contributed by atoms with Gasteiger partial charge in [-0.25, -0.2) is 4.79 Å². The van der Waals surface area contributed by atoms with E-state index in [9.17, 15) is 4.79 Å². The molecule has 2 aromatic rings. The lowest BCUT2D eigenvalue weighted by Crippen LogP contribution is -2.50. The molecule has 0 unspecified atom stereocenters. The van der Waals surface area contributed by atoms with E-state index in [1.165, 1.54) is 0 Å². The summed E-state index contributed by atoms with van der Waals surface area (Å²) in [5.74, 6) is 1.22. The van der Waals surface area contributed by atoms with Gasteiger partial charge in [-0.1, -0.05) is 0 Å². The van der Waals surface area contributed by atoms with Gasteiger partial charge in [0.05, 0.1) is 14.2 Å². The van der Waals surface area contributed by atoms with Gasteiger partial charge in [0.15, 0.2) is 11.5 Å². The second-order valence-corrected chi connectivity index (χ2v) is 5.68. The monoisotopic (exact) mass is 342 g/mol. The minimum Gasteiger partial charge on any atom is -0.493 e. The van der Waals surface area contributed by atoms with E-state index < -0.39 is 0 Å². The van der Waals surface area contributed by atoms with Gasteiger partial charge >= 0.3 is 6.03 Å². The Kier molecular flexibility index (Phi) is 5.23. The Balaban J connectivity index is 1.58. The van der Waals surface area contributed by atoms with E-state index in [1.54, 1.807) is 44.8 Å². The summed E-state index contributed by atoms with van der Waals surface area (Å²) in [6.07, 6.45) is 3.57. The first kappa shape index (κ1) is 16.9. The molecule has 2 amide bonds. The molecule has 1 aliphatic heterocycles. The molecule has 1 aromatic carbocycles. The van der Waals surface area contributed by atoms with Crippen LogP contribution in [0.1, 0.15) is 0 Å². The van der Waals surface area contributed by atoms with Gasteiger partial charge in [-0.3, -0.25) is 4.98 Å². The van der Waals surface area contributed by atoms with Crippen molar-refractivity contribution in [2.24, 2.45) is 0 Å². The summed E-state index contributed by atoms with van der Waals surface area (Å²) in [5, 5.41) is 2.92. The molecule has 0 spiro atoms. The van der Waals surface area contributed by atoms with E-state index in [4.69, 9.17) is 9.47 Å². The standard InChI is InChI=1S/C18H22N4O3/c1-24-16-4-3-14(13-17(16)25-2)20-18(23)22-11-9-21(10-12-22)15-5-7-19-8-6-15/h3-8,13H,9-12H2,1-2H3,(H,20,23). The number of urea groups is 1. The topological polar surface area (TPSA) is 66.9 Å². The van der Waals surface area contributed by atoms with Crippen molar-refractivity contribution in [3.05, 3.63) is 42.7 Å². The number of benzene rings is 1. The maximum absolute atomic E-state index is 12.5. The first-order chi connectivity index (χ1) is 12.2. The van der Waals surface area contributed by atoms with Crippen molar-refractivity contribution in [1.29, 1.82) is 0 Å². The average molecular weight is 342 g/mol. The number of nitrogens with zero attached hydrogens (tertiary/aromatic N) is 3. The summed E-state index contributed by atoms with van der Waals surface area (Å²) >= 11 is 0. The van der Waals surface area contributed by atoms with E-state index in [-0.39, 0.29) is 6.03 Å². The Hall–Kier alpha value is -2.96. The molecule has 7 nitrogen and oxygen atoms in total. The molecule has 1 aromatic heterocycles. The largest absolute Gasteiger partial charge is 0.493 e. The number of aromatic nitrogens is 1. The highest BCUT2D eigenvalue weighted by molar-refractivity contribution is 5.90. The molecular weight excluding hydrogens is 320 g/mol. The second kappa shape index (κ2) is 7.74. The van der Waals surface area contributed by atoms with Crippen LogP contribution >= 0.6 is 0 Å². The smallest absolute Gasteiger partial charge is 0.321 e. The van der Waals surface area contributed by atoms with Gasteiger partial charge in [0.1, 0.15) is 0 Å². The molecule has 0 aliphatic carbocycles. The van der Waals surface area contributed by atoms with Crippen molar-refractivity contribution in [1.82, 2.24) is 9.88 Å². The second-order valence-electron chi connectivity index (χ2n) is 5.68. The number of anilines is 2. The van der Waals surface area contributed by atoms with E-state index in [1.807, 2.05) is 17.0 Å². The quantitative estimate of drug-likeness (QED) is 0.924. The SMILES string of the molecule is COc1ccc(NC(=O)N2CCN(c3ccncc3)CC2)cc1OC. The molecule has 0 radical (unpaired) electrons. The highest BCUT2D eigenvalue weighted by atomic mass is 16.5. The Labute approximate surface area is 147 Å². The Bertz CT molecular complexity index is 716. The van der Waals surface area contributed by atoms with Crippen LogP contribution in [-0.2, 0) is 0 Å². The number of methoxy groups -OCH3 is 2. The maximum Gasteiger partial charge on any atom is 0.321 e. The predicted octanol–water partition coefficient (Wildman–Crippen LogP) is 2.45. The molecule has 0 bridgehead atoms. The van der Waals surface area contributed by atoms with Crippen molar-refractivity contribution in [2.75, 3.05) is 50.6 Å². The van der Waals surface area contributed by atoms with Gasteiger partial charge < -0.3 is 24.6 Å². The number of hydrogen-bond donors (Lipinski definition) is 1. The normalized spacial score (nSPS) is 14.2. The highest BCUT2D eigenvalue weighted by Gasteiger charge is 2.21. The van der Waals surface area contributed by atoms with Crippen LogP contribution < -0.4 is 19.7 Å². The molecule has 0 atom stereocenters. The fourth-order valence-corrected chi connectivity index (χ4v) is 2.84. The summed E-state index contributed by atoms with van der Waals surface area (Å²) < 4.78 is 10.5. The van der Waals surface area contributed by atoms with Gasteiger partial charge in [-0.15, -0.1) is 0 Å². The number of rotatable bonds is 4. The van der Waals surface area contributed by atoms with Gasteiger partial charge in [-0.2, -0.15) is 0 Å². The number of piperazine rings is 1. The predicted molar refractivity (Wildman–Crippen MR) is 96.6 cm³/mol. The third kappa shape index (κ3) is 3.93. The van der Waals surface area contributed by atoms with E-state index >= 15 is 0 Å². The average Bonchev–Trinajstić information content (AvgIpc) is 2.68. The first-order valence-electron chi connectivity index (χ1n) is 8.14. The van der Waals surface area contributed by atoms with Crippen molar-refractivity contribution in [3.63, 3.8) is 0 Å². The zero-order chi connectivity index (χ0) is 17.6. The van der Waals surface area contributed by atoms with Crippen LogP contribution in [0.5, 0.6) is 11.5 Å². The van der Waals surface area contributed by atoms with Crippen molar-refractivity contribution >= 4 is 17.4 Å². The number of pyridine rings is 1. The molecule has 25 heavy (non-hydrogen) atoms. The van der Waals surface area contributed by atoms with Crippen LogP contribution in [0.25, 0.3) is 0 Å². The van der Waals surface area contributed by atoms with Gasteiger partial charge in [0.2, 0.25) is 0 Å². The molecule has 1 aliphatic rings. The third-order valence-corrected chi connectivity index (χ3v) is 4.23. The van der Waals surface area contributed by atoms with Crippen LogP contribution in [0.15, 0.2) is 42.7 Å². The zero-order valence-electron chi connectivity index (χ0n) is 14.4. The van der Waals surface area contributed by atoms with E-state index in [0.717, 1.165) is 18.8 Å². The van der Waals surface area contributed by atoms with Crippen LogP contribution in [0.4, 0.5) is 16.2 Å². The third-order valence-electron chi connectivity index (χ3n) is 4.23. The van der Waals surface area contributed by atoms with Gasteiger partial charge in [0, 0.05) is 56.0 Å². The molecular formula is C18H22N4O3.